The third-order valence-corrected chi connectivity index (χ3v) is 3.76. The molecule has 0 bridgehead atoms. The van der Waals surface area contributed by atoms with Crippen molar-refractivity contribution in [1.82, 2.24) is 5.32 Å². The fourth-order valence-corrected chi connectivity index (χ4v) is 1.40. The summed E-state index contributed by atoms with van der Waals surface area (Å²) < 4.78 is 25.6. The van der Waals surface area contributed by atoms with Gasteiger partial charge in [0, 0.05) is 6.54 Å². The first-order valence-corrected chi connectivity index (χ1v) is 6.19. The van der Waals surface area contributed by atoms with E-state index < -0.39 is 11.6 Å². The zero-order chi connectivity index (χ0) is 13.0. The number of amides is 1. The SMILES string of the molecule is CC(C)C(Br)C(=O)NCc1ccc(F)c(F)c1. The second-order valence-electron chi connectivity index (χ2n) is 4.11. The zero-order valence-electron chi connectivity index (χ0n) is 9.64. The Labute approximate surface area is 108 Å². The van der Waals surface area contributed by atoms with Gasteiger partial charge in [-0.25, -0.2) is 8.78 Å². The molecule has 0 saturated heterocycles. The van der Waals surface area contributed by atoms with Crippen molar-refractivity contribution in [2.24, 2.45) is 5.92 Å². The van der Waals surface area contributed by atoms with Crippen molar-refractivity contribution < 1.29 is 13.6 Å². The highest BCUT2D eigenvalue weighted by Crippen LogP contribution is 2.12. The van der Waals surface area contributed by atoms with Crippen molar-refractivity contribution in [3.63, 3.8) is 0 Å². The van der Waals surface area contributed by atoms with Crippen LogP contribution in [0, 0.1) is 17.6 Å². The number of hydrogen-bond acceptors (Lipinski definition) is 1. The van der Waals surface area contributed by atoms with Crippen LogP contribution in [0.3, 0.4) is 0 Å². The largest absolute Gasteiger partial charge is 0.351 e. The molecular weight excluding hydrogens is 292 g/mol. The van der Waals surface area contributed by atoms with E-state index >= 15 is 0 Å². The van der Waals surface area contributed by atoms with E-state index in [1.54, 1.807) is 0 Å². The third-order valence-electron chi connectivity index (χ3n) is 2.29. The first-order valence-electron chi connectivity index (χ1n) is 5.27. The highest BCUT2D eigenvalue weighted by molar-refractivity contribution is 9.10. The summed E-state index contributed by atoms with van der Waals surface area (Å²) in [6, 6.07) is 3.57. The van der Waals surface area contributed by atoms with Crippen molar-refractivity contribution >= 4 is 21.8 Å². The second-order valence-corrected chi connectivity index (χ2v) is 5.10. The van der Waals surface area contributed by atoms with Crippen LogP contribution in [0.1, 0.15) is 19.4 Å². The van der Waals surface area contributed by atoms with Gasteiger partial charge in [-0.1, -0.05) is 35.8 Å². The first kappa shape index (κ1) is 14.1. The number of nitrogens with one attached hydrogen (secondary N) is 1. The molecule has 0 spiro atoms. The van der Waals surface area contributed by atoms with Gasteiger partial charge in [-0.3, -0.25) is 4.79 Å². The molecule has 1 amide bonds. The van der Waals surface area contributed by atoms with E-state index in [1.165, 1.54) is 6.07 Å². The molecule has 0 aliphatic heterocycles. The standard InChI is InChI=1S/C12H14BrF2NO/c1-7(2)11(13)12(17)16-6-8-3-4-9(14)10(15)5-8/h3-5,7,11H,6H2,1-2H3,(H,16,17). The second kappa shape index (κ2) is 6.10. The molecule has 0 saturated carbocycles. The van der Waals surface area contributed by atoms with Crippen LogP contribution >= 0.6 is 15.9 Å². The van der Waals surface area contributed by atoms with Gasteiger partial charge in [0.25, 0.3) is 0 Å². The molecule has 5 heteroatoms. The molecule has 1 aromatic rings. The lowest BCUT2D eigenvalue weighted by Gasteiger charge is -2.13. The lowest BCUT2D eigenvalue weighted by molar-refractivity contribution is -0.121. The first-order chi connectivity index (χ1) is 7.91. The minimum Gasteiger partial charge on any atom is -0.351 e. The molecule has 1 atom stereocenters. The van der Waals surface area contributed by atoms with Crippen LogP contribution < -0.4 is 5.32 Å². The van der Waals surface area contributed by atoms with E-state index in [0.29, 0.717) is 5.56 Å². The van der Waals surface area contributed by atoms with Gasteiger partial charge in [0.2, 0.25) is 5.91 Å². The zero-order valence-corrected chi connectivity index (χ0v) is 11.2. The molecule has 2 nitrogen and oxygen atoms in total. The molecule has 17 heavy (non-hydrogen) atoms. The molecule has 0 aliphatic carbocycles. The number of halogens is 3. The number of rotatable bonds is 4. The lowest BCUT2D eigenvalue weighted by Crippen LogP contribution is -2.33. The maximum absolute atomic E-state index is 12.9. The molecule has 1 rings (SSSR count). The summed E-state index contributed by atoms with van der Waals surface area (Å²) in [5.74, 6) is -1.79. The Kier molecular flexibility index (Phi) is 5.05. The summed E-state index contributed by atoms with van der Waals surface area (Å²) in [5.41, 5.74) is 0.528. The predicted molar refractivity (Wildman–Crippen MR) is 65.8 cm³/mol. The van der Waals surface area contributed by atoms with Crippen molar-refractivity contribution in [2.45, 2.75) is 25.2 Å². The number of alkyl halides is 1. The molecule has 0 aromatic heterocycles. The smallest absolute Gasteiger partial charge is 0.234 e. The lowest BCUT2D eigenvalue weighted by atomic mass is 10.1. The minimum atomic E-state index is -0.906. The number of carbonyl (C=O) groups excluding carboxylic acids is 1. The van der Waals surface area contributed by atoms with Crippen LogP contribution in [-0.4, -0.2) is 10.7 Å². The maximum Gasteiger partial charge on any atom is 0.234 e. The Balaban J connectivity index is 2.56. The van der Waals surface area contributed by atoms with E-state index in [4.69, 9.17) is 0 Å². The topological polar surface area (TPSA) is 29.1 Å². The van der Waals surface area contributed by atoms with E-state index in [-0.39, 0.29) is 23.2 Å². The number of benzene rings is 1. The van der Waals surface area contributed by atoms with Crippen LogP contribution in [0.2, 0.25) is 0 Å². The van der Waals surface area contributed by atoms with Gasteiger partial charge in [-0.15, -0.1) is 0 Å². The summed E-state index contributed by atoms with van der Waals surface area (Å²) in [6.45, 7) is 4.01. The minimum absolute atomic E-state index is 0.162. The highest BCUT2D eigenvalue weighted by atomic mass is 79.9. The van der Waals surface area contributed by atoms with Gasteiger partial charge in [-0.05, 0) is 23.6 Å². The Bertz CT molecular complexity index is 409. The van der Waals surface area contributed by atoms with Crippen molar-refractivity contribution in [2.75, 3.05) is 0 Å². The molecular formula is C12H14BrF2NO. The van der Waals surface area contributed by atoms with Gasteiger partial charge in [0.05, 0.1) is 4.83 Å². The van der Waals surface area contributed by atoms with Gasteiger partial charge < -0.3 is 5.32 Å². The number of hydrogen-bond donors (Lipinski definition) is 1. The predicted octanol–water partition coefficient (Wildman–Crippen LogP) is 3.00. The average molecular weight is 306 g/mol. The van der Waals surface area contributed by atoms with Gasteiger partial charge in [0.1, 0.15) is 0 Å². The maximum atomic E-state index is 12.9. The molecule has 0 fully saturated rings. The molecule has 94 valence electrons. The van der Waals surface area contributed by atoms with Crippen molar-refractivity contribution in [3.8, 4) is 0 Å². The van der Waals surface area contributed by atoms with Crippen LogP contribution in [0.15, 0.2) is 18.2 Å². The third kappa shape index (κ3) is 4.07. The average Bonchev–Trinajstić information content (AvgIpc) is 2.29. The van der Waals surface area contributed by atoms with Crippen LogP contribution in [0.25, 0.3) is 0 Å². The monoisotopic (exact) mass is 305 g/mol. The van der Waals surface area contributed by atoms with Crippen molar-refractivity contribution in [3.05, 3.63) is 35.4 Å². The van der Waals surface area contributed by atoms with E-state index in [2.05, 4.69) is 21.2 Å². The fraction of sp³-hybridized carbons (Fsp3) is 0.417. The number of carbonyl (C=O) groups is 1. The summed E-state index contributed by atoms with van der Waals surface area (Å²) in [4.78, 5) is 11.3. The van der Waals surface area contributed by atoms with E-state index in [0.717, 1.165) is 12.1 Å². The molecule has 0 aliphatic rings. The van der Waals surface area contributed by atoms with Gasteiger partial charge in [0.15, 0.2) is 11.6 Å². The van der Waals surface area contributed by atoms with Gasteiger partial charge in [-0.2, -0.15) is 0 Å². The molecule has 1 aromatic carbocycles. The normalized spacial score (nSPS) is 12.6. The Morgan fingerprint density at radius 2 is 2.00 bits per heavy atom. The Hall–Kier alpha value is -0.970. The van der Waals surface area contributed by atoms with E-state index in [9.17, 15) is 13.6 Å². The fourth-order valence-electron chi connectivity index (χ4n) is 1.24. The highest BCUT2D eigenvalue weighted by Gasteiger charge is 2.17. The van der Waals surface area contributed by atoms with Crippen LogP contribution in [0.4, 0.5) is 8.78 Å². The Morgan fingerprint density at radius 3 is 2.53 bits per heavy atom. The molecule has 0 heterocycles. The molecule has 0 radical (unpaired) electrons. The van der Waals surface area contributed by atoms with Gasteiger partial charge >= 0.3 is 0 Å². The van der Waals surface area contributed by atoms with Crippen LogP contribution in [0.5, 0.6) is 0 Å². The quantitative estimate of drug-likeness (QED) is 0.851. The molecule has 1 unspecified atom stereocenters. The summed E-state index contributed by atoms with van der Waals surface area (Å²) >= 11 is 3.26. The van der Waals surface area contributed by atoms with Crippen LogP contribution in [-0.2, 0) is 11.3 Å². The Morgan fingerprint density at radius 1 is 1.35 bits per heavy atom. The van der Waals surface area contributed by atoms with E-state index in [1.807, 2.05) is 13.8 Å². The summed E-state index contributed by atoms with van der Waals surface area (Å²) in [5, 5.41) is 2.65. The van der Waals surface area contributed by atoms with Crippen molar-refractivity contribution in [1.29, 1.82) is 0 Å². The molecule has 1 N–H and O–H groups in total. The summed E-state index contributed by atoms with van der Waals surface area (Å²) in [6.07, 6.45) is 0. The summed E-state index contributed by atoms with van der Waals surface area (Å²) in [7, 11) is 0.